The molecule has 0 radical (unpaired) electrons. The van der Waals surface area contributed by atoms with E-state index >= 15 is 0 Å². The number of nitrogens with zero attached hydrogens (tertiary/aromatic N) is 2. The monoisotopic (exact) mass is 364 g/mol. The Morgan fingerprint density at radius 1 is 1.19 bits per heavy atom. The topological polar surface area (TPSA) is 94.0 Å². The lowest BCUT2D eigenvalue weighted by atomic mass is 10.2. The average molecular weight is 364 g/mol. The first kappa shape index (κ1) is 16.6. The van der Waals surface area contributed by atoms with Crippen molar-refractivity contribution in [2.45, 2.75) is 0 Å². The molecule has 27 heavy (non-hydrogen) atoms. The molecule has 2 N–H and O–H groups in total. The molecule has 1 aliphatic rings. The summed E-state index contributed by atoms with van der Waals surface area (Å²) in [5, 5.41) is 5.45. The quantitative estimate of drug-likeness (QED) is 0.677. The van der Waals surface area contributed by atoms with Crippen LogP contribution in [0.25, 0.3) is 5.52 Å². The number of rotatable bonds is 5. The maximum absolute atomic E-state index is 12.8. The first-order valence-electron chi connectivity index (χ1n) is 8.24. The SMILES string of the molecule is C=CCNC(=O)c1nc(C(=O)Nc2ccc3c(c2)OCO3)c2ccccn12. The Kier molecular flexibility index (Phi) is 4.21. The number of benzene rings is 1. The lowest BCUT2D eigenvalue weighted by Gasteiger charge is -2.05. The second-order valence-electron chi connectivity index (χ2n) is 5.76. The molecule has 1 aromatic carbocycles. The standard InChI is InChI=1S/C19H16N4O4/c1-2-8-20-19(25)17-22-16(13-5-3-4-9-23(13)17)18(24)21-12-6-7-14-15(10-12)27-11-26-14/h2-7,9-10H,1,8,11H2,(H,20,25)(H,21,24). The van der Waals surface area contributed by atoms with E-state index in [0.29, 0.717) is 29.2 Å². The molecule has 4 rings (SSSR count). The molecule has 0 unspecified atom stereocenters. The van der Waals surface area contributed by atoms with Crippen LogP contribution in [0.2, 0.25) is 0 Å². The minimum absolute atomic E-state index is 0.128. The molecule has 0 fully saturated rings. The van der Waals surface area contributed by atoms with Crippen molar-refractivity contribution in [1.29, 1.82) is 0 Å². The van der Waals surface area contributed by atoms with Crippen LogP contribution < -0.4 is 20.1 Å². The molecule has 2 amide bonds. The number of hydrogen-bond acceptors (Lipinski definition) is 5. The molecule has 0 bridgehead atoms. The number of fused-ring (bicyclic) bond motifs is 2. The molecule has 8 heteroatoms. The first-order valence-corrected chi connectivity index (χ1v) is 8.24. The van der Waals surface area contributed by atoms with E-state index in [0.717, 1.165) is 0 Å². The normalized spacial score (nSPS) is 12.0. The Morgan fingerprint density at radius 3 is 2.89 bits per heavy atom. The number of anilines is 1. The van der Waals surface area contributed by atoms with Gasteiger partial charge in [0.1, 0.15) is 0 Å². The summed E-state index contributed by atoms with van der Waals surface area (Å²) in [7, 11) is 0. The number of hydrogen-bond donors (Lipinski definition) is 2. The van der Waals surface area contributed by atoms with Gasteiger partial charge in [0.25, 0.3) is 11.8 Å². The molecule has 0 atom stereocenters. The summed E-state index contributed by atoms with van der Waals surface area (Å²) >= 11 is 0. The number of pyridine rings is 1. The molecule has 0 aliphatic carbocycles. The molecule has 0 saturated heterocycles. The van der Waals surface area contributed by atoms with E-state index in [1.807, 2.05) is 0 Å². The second-order valence-corrected chi connectivity index (χ2v) is 5.76. The van der Waals surface area contributed by atoms with Gasteiger partial charge in [-0.2, -0.15) is 0 Å². The van der Waals surface area contributed by atoms with Crippen LogP contribution in [0, 0.1) is 0 Å². The lowest BCUT2D eigenvalue weighted by molar-refractivity contribution is 0.0947. The summed E-state index contributed by atoms with van der Waals surface area (Å²) in [6.07, 6.45) is 3.25. The minimum atomic E-state index is -0.430. The van der Waals surface area contributed by atoms with Gasteiger partial charge in [0, 0.05) is 24.5 Å². The summed E-state index contributed by atoms with van der Waals surface area (Å²) in [5.41, 5.74) is 1.22. The van der Waals surface area contributed by atoms with Crippen molar-refractivity contribution >= 4 is 23.0 Å². The van der Waals surface area contributed by atoms with Gasteiger partial charge in [0.05, 0.1) is 5.52 Å². The van der Waals surface area contributed by atoms with Crippen LogP contribution in [0.3, 0.4) is 0 Å². The molecule has 2 aromatic heterocycles. The fourth-order valence-corrected chi connectivity index (χ4v) is 2.77. The van der Waals surface area contributed by atoms with Gasteiger partial charge in [-0.25, -0.2) is 4.98 Å². The van der Waals surface area contributed by atoms with E-state index < -0.39 is 11.8 Å². The first-order chi connectivity index (χ1) is 13.2. The third-order valence-corrected chi connectivity index (χ3v) is 4.00. The van der Waals surface area contributed by atoms with Gasteiger partial charge in [0.2, 0.25) is 12.6 Å². The summed E-state index contributed by atoms with van der Waals surface area (Å²) in [6, 6.07) is 10.4. The summed E-state index contributed by atoms with van der Waals surface area (Å²) in [4.78, 5) is 29.4. The highest BCUT2D eigenvalue weighted by Crippen LogP contribution is 2.34. The van der Waals surface area contributed by atoms with Crippen LogP contribution in [0.1, 0.15) is 21.1 Å². The van der Waals surface area contributed by atoms with Gasteiger partial charge in [-0.15, -0.1) is 6.58 Å². The Bertz CT molecular complexity index is 1060. The molecule has 1 aliphatic heterocycles. The second kappa shape index (κ2) is 6.83. The predicted molar refractivity (Wildman–Crippen MR) is 98.2 cm³/mol. The zero-order valence-corrected chi connectivity index (χ0v) is 14.3. The number of amides is 2. The molecule has 3 aromatic rings. The van der Waals surface area contributed by atoms with Crippen LogP contribution in [0.4, 0.5) is 5.69 Å². The van der Waals surface area contributed by atoms with Gasteiger partial charge in [0.15, 0.2) is 17.2 Å². The van der Waals surface area contributed by atoms with E-state index in [1.165, 1.54) is 0 Å². The highest BCUT2D eigenvalue weighted by Gasteiger charge is 2.22. The van der Waals surface area contributed by atoms with Crippen molar-refractivity contribution in [3.05, 3.63) is 66.8 Å². The zero-order chi connectivity index (χ0) is 18.8. The maximum Gasteiger partial charge on any atom is 0.287 e. The number of carbonyl (C=O) groups excluding carboxylic acids is 2. The fourth-order valence-electron chi connectivity index (χ4n) is 2.77. The van der Waals surface area contributed by atoms with E-state index in [2.05, 4.69) is 22.2 Å². The third-order valence-electron chi connectivity index (χ3n) is 4.00. The van der Waals surface area contributed by atoms with Gasteiger partial charge in [-0.05, 0) is 24.3 Å². The van der Waals surface area contributed by atoms with Crippen molar-refractivity contribution in [2.75, 3.05) is 18.7 Å². The van der Waals surface area contributed by atoms with Crippen LogP contribution in [0.15, 0.2) is 55.3 Å². The van der Waals surface area contributed by atoms with Crippen molar-refractivity contribution in [2.24, 2.45) is 0 Å². The largest absolute Gasteiger partial charge is 0.454 e. The molecule has 8 nitrogen and oxygen atoms in total. The van der Waals surface area contributed by atoms with E-state index in [9.17, 15) is 9.59 Å². The Morgan fingerprint density at radius 2 is 2.04 bits per heavy atom. The van der Waals surface area contributed by atoms with E-state index in [4.69, 9.17) is 9.47 Å². The summed E-state index contributed by atoms with van der Waals surface area (Å²) < 4.78 is 12.2. The molecular formula is C19H16N4O4. The zero-order valence-electron chi connectivity index (χ0n) is 14.3. The van der Waals surface area contributed by atoms with Crippen LogP contribution in [0.5, 0.6) is 11.5 Å². The highest BCUT2D eigenvalue weighted by atomic mass is 16.7. The molecular weight excluding hydrogens is 348 g/mol. The predicted octanol–water partition coefficient (Wildman–Crippen LogP) is 2.23. The van der Waals surface area contributed by atoms with E-state index in [-0.39, 0.29) is 18.3 Å². The van der Waals surface area contributed by atoms with Crippen molar-refractivity contribution < 1.29 is 19.1 Å². The Hall–Kier alpha value is -3.81. The number of ether oxygens (including phenoxy) is 2. The number of imidazole rings is 1. The molecule has 3 heterocycles. The maximum atomic E-state index is 12.8. The number of nitrogens with one attached hydrogen (secondary N) is 2. The van der Waals surface area contributed by atoms with Crippen molar-refractivity contribution in [3.63, 3.8) is 0 Å². The Balaban J connectivity index is 1.65. The minimum Gasteiger partial charge on any atom is -0.454 e. The number of aromatic nitrogens is 2. The smallest absolute Gasteiger partial charge is 0.287 e. The lowest BCUT2D eigenvalue weighted by Crippen LogP contribution is -2.25. The van der Waals surface area contributed by atoms with Gasteiger partial charge >= 0.3 is 0 Å². The van der Waals surface area contributed by atoms with Gasteiger partial charge in [-0.3, -0.25) is 14.0 Å². The molecule has 0 saturated carbocycles. The van der Waals surface area contributed by atoms with Crippen LogP contribution >= 0.6 is 0 Å². The van der Waals surface area contributed by atoms with Crippen molar-refractivity contribution in [1.82, 2.24) is 14.7 Å². The van der Waals surface area contributed by atoms with Gasteiger partial charge in [-0.1, -0.05) is 12.1 Å². The van der Waals surface area contributed by atoms with Crippen LogP contribution in [-0.2, 0) is 0 Å². The highest BCUT2D eigenvalue weighted by molar-refractivity contribution is 6.09. The summed E-state index contributed by atoms with van der Waals surface area (Å²) in [6.45, 7) is 4.03. The average Bonchev–Trinajstić information content (AvgIpc) is 3.30. The third kappa shape index (κ3) is 3.08. The summed E-state index contributed by atoms with van der Waals surface area (Å²) in [5.74, 6) is 0.496. The van der Waals surface area contributed by atoms with Gasteiger partial charge < -0.3 is 20.1 Å². The van der Waals surface area contributed by atoms with E-state index in [1.54, 1.807) is 53.1 Å². The van der Waals surface area contributed by atoms with Crippen LogP contribution in [-0.4, -0.2) is 34.5 Å². The fraction of sp³-hybridized carbons (Fsp3) is 0.105. The molecule has 0 spiro atoms. The Labute approximate surface area is 154 Å². The van der Waals surface area contributed by atoms with Crippen molar-refractivity contribution in [3.8, 4) is 11.5 Å². The number of carbonyl (C=O) groups is 2. The molecule has 136 valence electrons.